The van der Waals surface area contributed by atoms with Gasteiger partial charge in [-0.2, -0.15) is 13.2 Å². The van der Waals surface area contributed by atoms with Gasteiger partial charge in [-0.3, -0.25) is 9.59 Å². The number of carboxylic acids is 1. The number of nitrogens with zero attached hydrogens (tertiary/aromatic N) is 1. The lowest BCUT2D eigenvalue weighted by molar-refractivity contribution is -0.156. The van der Waals surface area contributed by atoms with Crippen LogP contribution in [0, 0.1) is 25.2 Å². The second kappa shape index (κ2) is 9.76. The van der Waals surface area contributed by atoms with Crippen molar-refractivity contribution in [1.29, 1.82) is 0 Å². The molecule has 6 rings (SSSR count). The van der Waals surface area contributed by atoms with Crippen LogP contribution in [-0.2, 0) is 17.5 Å². The molecule has 0 atom stereocenters. The SMILES string of the molecule is Cc1ccc(-c2cc(C(=O)NC34CCC(C(=O)O)(CC3)CC4)c(C)n2CC2CCCCC2)cc1C(F)(F)F. The fraction of sp³-hybridized carbons (Fsp3) is 0.600. The highest BCUT2D eigenvalue weighted by molar-refractivity contribution is 5.97. The molecule has 2 aromatic rings. The van der Waals surface area contributed by atoms with E-state index in [2.05, 4.69) is 5.32 Å². The third-order valence-corrected chi connectivity index (χ3v) is 9.69. The molecule has 2 N–H and O–H groups in total. The molecule has 4 fully saturated rings. The second-order valence-electron chi connectivity index (χ2n) is 12.0. The molecule has 8 heteroatoms. The van der Waals surface area contributed by atoms with Crippen molar-refractivity contribution in [3.63, 3.8) is 0 Å². The number of aryl methyl sites for hydroxylation is 1. The number of rotatable bonds is 6. The number of carbonyl (C=O) groups is 2. The number of alkyl halides is 3. The molecule has 4 saturated carbocycles. The maximum absolute atomic E-state index is 13.7. The van der Waals surface area contributed by atoms with E-state index in [4.69, 9.17) is 0 Å². The number of amides is 1. The summed E-state index contributed by atoms with van der Waals surface area (Å²) in [7, 11) is 0. The molecule has 206 valence electrons. The number of hydrogen-bond donors (Lipinski definition) is 2. The molecule has 0 spiro atoms. The van der Waals surface area contributed by atoms with E-state index in [0.29, 0.717) is 67.8 Å². The maximum atomic E-state index is 13.7. The van der Waals surface area contributed by atoms with Crippen LogP contribution in [0.15, 0.2) is 24.3 Å². The van der Waals surface area contributed by atoms with Gasteiger partial charge in [0.1, 0.15) is 0 Å². The van der Waals surface area contributed by atoms with E-state index in [1.54, 1.807) is 12.1 Å². The molecule has 4 aliphatic carbocycles. The zero-order valence-corrected chi connectivity index (χ0v) is 22.2. The largest absolute Gasteiger partial charge is 0.481 e. The molecule has 38 heavy (non-hydrogen) atoms. The number of carbonyl (C=O) groups excluding carboxylic acids is 1. The normalized spacial score (nSPS) is 25.9. The van der Waals surface area contributed by atoms with Gasteiger partial charge in [0.05, 0.1) is 16.5 Å². The molecule has 1 aromatic heterocycles. The number of benzene rings is 1. The van der Waals surface area contributed by atoms with Crippen LogP contribution in [0.2, 0.25) is 0 Å². The topological polar surface area (TPSA) is 71.3 Å². The van der Waals surface area contributed by atoms with Crippen molar-refractivity contribution >= 4 is 11.9 Å². The van der Waals surface area contributed by atoms with E-state index in [0.717, 1.165) is 31.4 Å². The summed E-state index contributed by atoms with van der Waals surface area (Å²) >= 11 is 0. The van der Waals surface area contributed by atoms with E-state index in [1.165, 1.54) is 25.5 Å². The number of aromatic nitrogens is 1. The lowest BCUT2D eigenvalue weighted by atomic mass is 9.57. The number of halogens is 3. The molecule has 1 amide bonds. The standard InChI is InChI=1S/C30H37F3N2O3/c1-19-8-9-22(16-24(19)30(31,32)33)25-17-23(20(2)35(25)18-21-6-4-3-5-7-21)26(36)34-29-13-10-28(11-14-29,12-15-29)27(37)38/h8-9,16-17,21H,3-7,10-15,18H2,1-2H3,(H,34,36)(H,37,38). The number of fused-ring (bicyclic) bond motifs is 3. The van der Waals surface area contributed by atoms with E-state index >= 15 is 0 Å². The number of nitrogens with one attached hydrogen (secondary N) is 1. The van der Waals surface area contributed by atoms with Crippen molar-refractivity contribution in [3.05, 3.63) is 46.6 Å². The minimum absolute atomic E-state index is 0.174. The van der Waals surface area contributed by atoms with Crippen molar-refractivity contribution in [2.75, 3.05) is 0 Å². The summed E-state index contributed by atoms with van der Waals surface area (Å²) in [5, 5.41) is 12.9. The average molecular weight is 531 g/mol. The minimum atomic E-state index is -4.46. The van der Waals surface area contributed by atoms with Gasteiger partial charge in [0.25, 0.3) is 5.91 Å². The molecule has 1 aromatic carbocycles. The number of hydrogen-bond acceptors (Lipinski definition) is 2. The number of aliphatic carboxylic acids is 1. The zero-order valence-electron chi connectivity index (χ0n) is 22.2. The Morgan fingerprint density at radius 1 is 1.00 bits per heavy atom. The van der Waals surface area contributed by atoms with Gasteiger partial charge in [-0.1, -0.05) is 31.4 Å². The second-order valence-corrected chi connectivity index (χ2v) is 12.0. The Hall–Kier alpha value is -2.77. The quantitative estimate of drug-likeness (QED) is 0.412. The molecule has 0 radical (unpaired) electrons. The summed E-state index contributed by atoms with van der Waals surface area (Å²) in [5.41, 5.74) is 0.779. The van der Waals surface area contributed by atoms with Crippen molar-refractivity contribution < 1.29 is 27.9 Å². The Morgan fingerprint density at radius 2 is 1.63 bits per heavy atom. The first kappa shape index (κ1) is 26.8. The highest BCUT2D eigenvalue weighted by atomic mass is 19.4. The first-order valence-electron chi connectivity index (χ1n) is 13.9. The highest BCUT2D eigenvalue weighted by Gasteiger charge is 2.53. The Kier molecular flexibility index (Phi) is 6.89. The fourth-order valence-corrected chi connectivity index (χ4v) is 7.07. The van der Waals surface area contributed by atoms with Gasteiger partial charge in [0.15, 0.2) is 0 Å². The fourth-order valence-electron chi connectivity index (χ4n) is 7.07. The monoisotopic (exact) mass is 530 g/mol. The molecule has 5 nitrogen and oxygen atoms in total. The zero-order chi connectivity index (χ0) is 27.3. The van der Waals surface area contributed by atoms with Gasteiger partial charge in [-0.25, -0.2) is 0 Å². The summed E-state index contributed by atoms with van der Waals surface area (Å²) in [4.78, 5) is 25.5. The highest BCUT2D eigenvalue weighted by Crippen LogP contribution is 2.52. The van der Waals surface area contributed by atoms with Crippen LogP contribution in [0.1, 0.15) is 97.8 Å². The minimum Gasteiger partial charge on any atom is -0.481 e. The Morgan fingerprint density at radius 3 is 2.21 bits per heavy atom. The van der Waals surface area contributed by atoms with Gasteiger partial charge < -0.3 is 15.0 Å². The predicted octanol–water partition coefficient (Wildman–Crippen LogP) is 7.28. The van der Waals surface area contributed by atoms with E-state index in [9.17, 15) is 27.9 Å². The first-order chi connectivity index (χ1) is 17.9. The molecular weight excluding hydrogens is 493 g/mol. The first-order valence-corrected chi connectivity index (χ1v) is 13.9. The predicted molar refractivity (Wildman–Crippen MR) is 139 cm³/mol. The van der Waals surface area contributed by atoms with E-state index in [-0.39, 0.29) is 11.5 Å². The summed E-state index contributed by atoms with van der Waals surface area (Å²) in [6.07, 6.45) is 4.77. The lowest BCUT2D eigenvalue weighted by Gasteiger charge is -2.51. The third kappa shape index (κ3) is 4.87. The molecule has 4 aliphatic rings. The molecule has 0 saturated heterocycles. The Bertz CT molecular complexity index is 1220. The average Bonchev–Trinajstić information content (AvgIpc) is 3.21. The van der Waals surface area contributed by atoms with Crippen LogP contribution < -0.4 is 5.32 Å². The lowest BCUT2D eigenvalue weighted by Crippen LogP contribution is -2.58. The number of carboxylic acid groups (broad SMARTS) is 1. The maximum Gasteiger partial charge on any atom is 0.416 e. The van der Waals surface area contributed by atoms with E-state index < -0.39 is 28.7 Å². The van der Waals surface area contributed by atoms with Crippen molar-refractivity contribution in [3.8, 4) is 11.3 Å². The van der Waals surface area contributed by atoms with Crippen molar-refractivity contribution in [2.24, 2.45) is 11.3 Å². The molecule has 0 aliphatic heterocycles. The molecular formula is C30H37F3N2O3. The van der Waals surface area contributed by atoms with Crippen LogP contribution in [0.5, 0.6) is 0 Å². The molecule has 2 bridgehead atoms. The van der Waals surface area contributed by atoms with Gasteiger partial charge in [-0.05, 0) is 94.4 Å². The van der Waals surface area contributed by atoms with Crippen LogP contribution in [0.25, 0.3) is 11.3 Å². The van der Waals surface area contributed by atoms with Gasteiger partial charge in [0, 0.05) is 23.5 Å². The van der Waals surface area contributed by atoms with Crippen LogP contribution in [0.3, 0.4) is 0 Å². The van der Waals surface area contributed by atoms with Crippen LogP contribution in [-0.4, -0.2) is 27.1 Å². The molecule has 0 unspecified atom stereocenters. The Balaban J connectivity index is 1.48. The van der Waals surface area contributed by atoms with Crippen LogP contribution >= 0.6 is 0 Å². The van der Waals surface area contributed by atoms with E-state index in [1.807, 2.05) is 11.5 Å². The van der Waals surface area contributed by atoms with Crippen molar-refractivity contribution in [1.82, 2.24) is 9.88 Å². The summed E-state index contributed by atoms with van der Waals surface area (Å²) in [6.45, 7) is 4.02. The van der Waals surface area contributed by atoms with Gasteiger partial charge >= 0.3 is 12.1 Å². The summed E-state index contributed by atoms with van der Waals surface area (Å²) < 4.78 is 43.3. The smallest absolute Gasteiger partial charge is 0.416 e. The van der Waals surface area contributed by atoms with Gasteiger partial charge in [0.2, 0.25) is 0 Å². The Labute approximate surface area is 221 Å². The summed E-state index contributed by atoms with van der Waals surface area (Å²) in [5.74, 6) is -0.538. The van der Waals surface area contributed by atoms with Crippen LogP contribution in [0.4, 0.5) is 13.2 Å². The summed E-state index contributed by atoms with van der Waals surface area (Å²) in [6, 6.07) is 6.17. The van der Waals surface area contributed by atoms with Crippen molar-refractivity contribution in [2.45, 2.75) is 103 Å². The molecule has 1 heterocycles. The third-order valence-electron chi connectivity index (χ3n) is 9.69. The van der Waals surface area contributed by atoms with Gasteiger partial charge in [-0.15, -0.1) is 0 Å².